The Morgan fingerprint density at radius 1 is 1.25 bits per heavy atom. The zero-order valence-electron chi connectivity index (χ0n) is 12.6. The summed E-state index contributed by atoms with van der Waals surface area (Å²) < 4.78 is 76.7. The molecule has 1 saturated heterocycles. The van der Waals surface area contributed by atoms with Crippen LogP contribution in [0.3, 0.4) is 0 Å². The Hall–Kier alpha value is -2.00. The third-order valence-corrected chi connectivity index (χ3v) is 3.79. The van der Waals surface area contributed by atoms with Crippen molar-refractivity contribution in [3.63, 3.8) is 0 Å². The molecule has 134 valence electrons. The van der Waals surface area contributed by atoms with Crippen LogP contribution in [0, 0.1) is 0 Å². The Labute approximate surface area is 133 Å². The van der Waals surface area contributed by atoms with Gasteiger partial charge in [-0.25, -0.2) is 0 Å². The fourth-order valence-corrected chi connectivity index (χ4v) is 2.69. The van der Waals surface area contributed by atoms with Gasteiger partial charge >= 0.3 is 12.4 Å². The molecule has 1 aliphatic rings. The molecule has 4 nitrogen and oxygen atoms in total. The van der Waals surface area contributed by atoms with Crippen LogP contribution in [0.25, 0.3) is 0 Å². The highest BCUT2D eigenvalue weighted by Gasteiger charge is 2.47. The molecule has 0 aliphatic carbocycles. The van der Waals surface area contributed by atoms with Crippen LogP contribution in [-0.4, -0.2) is 40.6 Å². The molecule has 0 spiro atoms. The lowest BCUT2D eigenvalue weighted by atomic mass is 9.97. The van der Waals surface area contributed by atoms with E-state index in [1.807, 2.05) is 0 Å². The molecule has 2 heterocycles. The number of nitrogens with zero attached hydrogens (tertiary/aromatic N) is 2. The number of hydrogen-bond donors (Lipinski definition) is 1. The molecule has 1 fully saturated rings. The van der Waals surface area contributed by atoms with Gasteiger partial charge in [0.1, 0.15) is 11.7 Å². The lowest BCUT2D eigenvalue weighted by molar-refractivity contribution is -0.195. The highest BCUT2D eigenvalue weighted by molar-refractivity contribution is 5.74. The van der Waals surface area contributed by atoms with Gasteiger partial charge in [-0.15, -0.1) is 0 Å². The molecule has 0 saturated carbocycles. The summed E-state index contributed by atoms with van der Waals surface area (Å²) in [5.41, 5.74) is -1.00. The topological polar surface area (TPSA) is 45.2 Å². The summed E-state index contributed by atoms with van der Waals surface area (Å²) in [6, 6.07) is -0.357. The normalized spacial score (nSPS) is 22.4. The van der Waals surface area contributed by atoms with Crippen LogP contribution in [0.4, 0.5) is 32.0 Å². The molecule has 1 aliphatic heterocycles. The van der Waals surface area contributed by atoms with E-state index in [2.05, 4.69) is 10.3 Å². The number of likely N-dealkylation sites (tertiary alicyclic amines) is 1. The van der Waals surface area contributed by atoms with Crippen molar-refractivity contribution in [2.45, 2.75) is 44.2 Å². The van der Waals surface area contributed by atoms with Gasteiger partial charge in [-0.05, 0) is 25.0 Å². The lowest BCUT2D eigenvalue weighted by Gasteiger charge is -2.40. The maximum atomic E-state index is 12.9. The highest BCUT2D eigenvalue weighted by Crippen LogP contribution is 2.33. The summed E-state index contributed by atoms with van der Waals surface area (Å²) in [6.07, 6.45) is -8.40. The van der Waals surface area contributed by atoms with E-state index in [4.69, 9.17) is 0 Å². The Morgan fingerprint density at radius 2 is 1.92 bits per heavy atom. The first-order valence-corrected chi connectivity index (χ1v) is 7.12. The average molecular weight is 355 g/mol. The molecule has 24 heavy (non-hydrogen) atoms. The molecule has 2 rings (SSSR count). The monoisotopic (exact) mass is 355 g/mol. The Kier molecular flexibility index (Phi) is 4.95. The van der Waals surface area contributed by atoms with Crippen molar-refractivity contribution in [1.29, 1.82) is 0 Å². The Bertz CT molecular complexity index is 601. The number of anilines is 1. The maximum Gasteiger partial charge on any atom is 0.433 e. The smallest absolute Gasteiger partial charge is 0.380 e. The summed E-state index contributed by atoms with van der Waals surface area (Å²) in [5, 5.41) is 2.75. The number of rotatable bonds is 2. The third-order valence-electron chi connectivity index (χ3n) is 3.79. The minimum absolute atomic E-state index is 0.0810. The van der Waals surface area contributed by atoms with Crippen LogP contribution in [0.15, 0.2) is 18.3 Å². The molecule has 1 aromatic heterocycles. The summed E-state index contributed by atoms with van der Waals surface area (Å²) in [6.45, 7) is 0.804. The molecule has 1 aromatic rings. The largest absolute Gasteiger partial charge is 0.433 e. The van der Waals surface area contributed by atoms with Crippen LogP contribution in [0.5, 0.6) is 0 Å². The lowest BCUT2D eigenvalue weighted by Crippen LogP contribution is -2.55. The predicted molar refractivity (Wildman–Crippen MR) is 73.1 cm³/mol. The van der Waals surface area contributed by atoms with Crippen LogP contribution >= 0.6 is 0 Å². The second-order valence-electron chi connectivity index (χ2n) is 5.57. The van der Waals surface area contributed by atoms with E-state index in [1.165, 1.54) is 6.07 Å². The van der Waals surface area contributed by atoms with Gasteiger partial charge in [-0.1, -0.05) is 0 Å². The van der Waals surface area contributed by atoms with E-state index in [0.29, 0.717) is 4.90 Å². The highest BCUT2D eigenvalue weighted by atomic mass is 19.4. The van der Waals surface area contributed by atoms with Crippen molar-refractivity contribution in [2.24, 2.45) is 0 Å². The number of aromatic nitrogens is 1. The fourth-order valence-electron chi connectivity index (χ4n) is 2.69. The average Bonchev–Trinajstić information content (AvgIpc) is 2.45. The van der Waals surface area contributed by atoms with E-state index < -0.39 is 36.0 Å². The number of hydrogen-bond acceptors (Lipinski definition) is 3. The fraction of sp³-hybridized carbons (Fsp3) is 0.571. The molecule has 2 atom stereocenters. The Morgan fingerprint density at radius 3 is 2.46 bits per heavy atom. The molecule has 1 N–H and O–H groups in total. The van der Waals surface area contributed by atoms with Crippen molar-refractivity contribution >= 4 is 11.6 Å². The van der Waals surface area contributed by atoms with Gasteiger partial charge in [-0.3, -0.25) is 9.78 Å². The quantitative estimate of drug-likeness (QED) is 0.827. The van der Waals surface area contributed by atoms with Crippen molar-refractivity contribution < 1.29 is 31.1 Å². The van der Waals surface area contributed by atoms with E-state index in [9.17, 15) is 31.1 Å². The van der Waals surface area contributed by atoms with Crippen LogP contribution in [0.2, 0.25) is 0 Å². The second kappa shape index (κ2) is 6.48. The number of carbonyl (C=O) groups is 1. The van der Waals surface area contributed by atoms with Crippen molar-refractivity contribution in [1.82, 2.24) is 9.88 Å². The molecule has 0 radical (unpaired) electrons. The minimum atomic E-state index is -4.61. The van der Waals surface area contributed by atoms with E-state index >= 15 is 0 Å². The zero-order chi connectivity index (χ0) is 18.1. The predicted octanol–water partition coefficient (Wildman–Crippen LogP) is 3.45. The van der Waals surface area contributed by atoms with Crippen LogP contribution in [0.1, 0.15) is 25.5 Å². The number of alkyl halides is 6. The zero-order valence-corrected chi connectivity index (χ0v) is 12.6. The minimum Gasteiger partial charge on any atom is -0.380 e. The SMILES string of the molecule is CC(=O)N1CC(Nc2ccnc(C(F)(F)F)c2)CCC1C(F)(F)F. The summed E-state index contributed by atoms with van der Waals surface area (Å²) >= 11 is 0. The van der Waals surface area contributed by atoms with Crippen molar-refractivity contribution in [3.05, 3.63) is 24.0 Å². The summed E-state index contributed by atoms with van der Waals surface area (Å²) in [5.74, 6) is -0.727. The molecule has 10 heteroatoms. The maximum absolute atomic E-state index is 12.9. The second-order valence-corrected chi connectivity index (χ2v) is 5.57. The van der Waals surface area contributed by atoms with Crippen molar-refractivity contribution in [2.75, 3.05) is 11.9 Å². The van der Waals surface area contributed by atoms with Gasteiger partial charge in [0.25, 0.3) is 0 Å². The number of amides is 1. The number of nitrogens with one attached hydrogen (secondary N) is 1. The number of pyridine rings is 1. The van der Waals surface area contributed by atoms with Gasteiger partial charge in [0, 0.05) is 31.4 Å². The van der Waals surface area contributed by atoms with Gasteiger partial charge in [0.2, 0.25) is 5.91 Å². The third kappa shape index (κ3) is 4.30. The van der Waals surface area contributed by atoms with E-state index in [0.717, 1.165) is 19.2 Å². The van der Waals surface area contributed by atoms with E-state index in [1.54, 1.807) is 0 Å². The standard InChI is InChI=1S/C14H15F6N3O/c1-8(24)23-7-10(2-3-12(23)14(18,19)20)22-9-4-5-21-11(6-9)13(15,16)17/h4-6,10,12H,2-3,7H2,1H3,(H,21,22). The molecular formula is C14H15F6N3O. The van der Waals surface area contributed by atoms with Crippen LogP contribution < -0.4 is 5.32 Å². The number of halogens is 6. The first kappa shape index (κ1) is 18.3. The molecule has 0 bridgehead atoms. The molecule has 2 unspecified atom stereocenters. The van der Waals surface area contributed by atoms with E-state index in [-0.39, 0.29) is 25.1 Å². The van der Waals surface area contributed by atoms with Crippen LogP contribution in [-0.2, 0) is 11.0 Å². The number of piperidine rings is 1. The molecular weight excluding hydrogens is 340 g/mol. The Balaban J connectivity index is 2.11. The number of carbonyl (C=O) groups excluding carboxylic acids is 1. The van der Waals surface area contributed by atoms with Gasteiger partial charge < -0.3 is 10.2 Å². The first-order chi connectivity index (χ1) is 11.0. The van der Waals surface area contributed by atoms with Crippen molar-refractivity contribution in [3.8, 4) is 0 Å². The molecule has 1 amide bonds. The molecule has 0 aromatic carbocycles. The van der Waals surface area contributed by atoms with Gasteiger partial charge in [0.05, 0.1) is 0 Å². The van der Waals surface area contributed by atoms with Gasteiger partial charge in [0.15, 0.2) is 0 Å². The summed E-state index contributed by atoms with van der Waals surface area (Å²) in [7, 11) is 0. The first-order valence-electron chi connectivity index (χ1n) is 7.12. The van der Waals surface area contributed by atoms with Gasteiger partial charge in [-0.2, -0.15) is 26.3 Å². The summed E-state index contributed by atoms with van der Waals surface area (Å²) in [4.78, 5) is 15.4.